The highest BCUT2D eigenvalue weighted by Gasteiger charge is 2.37. The van der Waals surface area contributed by atoms with Gasteiger partial charge in [-0.15, -0.1) is 0 Å². The number of halogens is 1. The second kappa shape index (κ2) is 5.58. The predicted molar refractivity (Wildman–Crippen MR) is 65.7 cm³/mol. The minimum Gasteiger partial charge on any atom is -0.460 e. The van der Waals surface area contributed by atoms with E-state index in [0.717, 1.165) is 10.8 Å². The summed E-state index contributed by atoms with van der Waals surface area (Å²) >= 11 is 0. The number of aromatic nitrogens is 2. The minimum atomic E-state index is -1.08. The zero-order chi connectivity index (χ0) is 14.9. The molecule has 0 amide bonds. The molecule has 20 heavy (non-hydrogen) atoms. The molecule has 0 bridgehead atoms. The van der Waals surface area contributed by atoms with Crippen LogP contribution in [-0.4, -0.2) is 27.7 Å². The highest BCUT2D eigenvalue weighted by atomic mass is 19.1. The molecular weight excluding hydrogens is 271 g/mol. The van der Waals surface area contributed by atoms with Crippen LogP contribution < -0.4 is 11.2 Å². The molecule has 1 fully saturated rings. The van der Waals surface area contributed by atoms with E-state index in [0.29, 0.717) is 6.42 Å². The highest BCUT2D eigenvalue weighted by molar-refractivity contribution is 5.66. The van der Waals surface area contributed by atoms with Crippen molar-refractivity contribution in [3.63, 3.8) is 0 Å². The van der Waals surface area contributed by atoms with E-state index in [2.05, 4.69) is 0 Å². The third kappa shape index (κ3) is 2.79. The van der Waals surface area contributed by atoms with Crippen LogP contribution in [0.15, 0.2) is 15.8 Å². The summed E-state index contributed by atoms with van der Waals surface area (Å²) in [5.74, 6) is -1.52. The quantitative estimate of drug-likeness (QED) is 0.807. The van der Waals surface area contributed by atoms with Crippen LogP contribution in [0.1, 0.15) is 32.9 Å². The molecule has 3 atom stereocenters. The topological polar surface area (TPSA) is 90.4 Å². The Hall–Kier alpha value is -1.96. The molecule has 0 aliphatic carbocycles. The summed E-state index contributed by atoms with van der Waals surface area (Å²) in [7, 11) is 0. The van der Waals surface area contributed by atoms with Crippen molar-refractivity contribution in [2.75, 3.05) is 0 Å². The molecule has 8 heteroatoms. The molecule has 7 nitrogen and oxygen atoms in total. The molecule has 0 spiro atoms. The molecule has 110 valence electrons. The summed E-state index contributed by atoms with van der Waals surface area (Å²) in [5, 5.41) is 0. The smallest absolute Gasteiger partial charge is 0.330 e. The van der Waals surface area contributed by atoms with Crippen LogP contribution in [0.5, 0.6) is 0 Å². The van der Waals surface area contributed by atoms with Crippen LogP contribution in [0.4, 0.5) is 4.39 Å². The normalized spacial score (nSPS) is 25.6. The fourth-order valence-corrected chi connectivity index (χ4v) is 2.25. The second-order valence-electron chi connectivity index (χ2n) is 4.56. The first-order valence-electron chi connectivity index (χ1n) is 6.26. The largest absolute Gasteiger partial charge is 0.460 e. The van der Waals surface area contributed by atoms with E-state index in [1.165, 1.54) is 6.92 Å². The number of carbonyl (C=O) groups is 1. The van der Waals surface area contributed by atoms with E-state index in [9.17, 15) is 18.8 Å². The number of hydrogen-bond donors (Lipinski definition) is 1. The molecule has 1 aromatic rings. The molecule has 2 rings (SSSR count). The van der Waals surface area contributed by atoms with Crippen molar-refractivity contribution in [2.24, 2.45) is 0 Å². The lowest BCUT2D eigenvalue weighted by atomic mass is 10.1. The van der Waals surface area contributed by atoms with Crippen LogP contribution in [-0.2, 0) is 14.3 Å². The van der Waals surface area contributed by atoms with Gasteiger partial charge >= 0.3 is 11.7 Å². The van der Waals surface area contributed by atoms with Gasteiger partial charge in [-0.05, 0) is 6.42 Å². The summed E-state index contributed by atoms with van der Waals surface area (Å²) in [6.07, 6.45) is -0.0361. The van der Waals surface area contributed by atoms with Crippen molar-refractivity contribution in [1.82, 2.24) is 9.55 Å². The molecule has 2 heterocycles. The van der Waals surface area contributed by atoms with Gasteiger partial charge in [0, 0.05) is 13.3 Å². The number of nitrogens with zero attached hydrogens (tertiary/aromatic N) is 1. The monoisotopic (exact) mass is 286 g/mol. The van der Waals surface area contributed by atoms with Gasteiger partial charge in [-0.3, -0.25) is 19.1 Å². The van der Waals surface area contributed by atoms with Crippen molar-refractivity contribution in [2.45, 2.75) is 45.1 Å². The predicted octanol–water partition coefficient (Wildman–Crippen LogP) is 0.305. The van der Waals surface area contributed by atoms with Crippen LogP contribution in [0, 0.1) is 5.82 Å². The number of nitrogens with one attached hydrogen (secondary N) is 1. The lowest BCUT2D eigenvalue weighted by Crippen LogP contribution is -2.33. The Morgan fingerprint density at radius 2 is 2.30 bits per heavy atom. The van der Waals surface area contributed by atoms with Crippen molar-refractivity contribution >= 4 is 5.97 Å². The number of esters is 1. The number of carbonyl (C=O) groups excluding carboxylic acids is 1. The molecule has 0 aromatic carbocycles. The summed E-state index contributed by atoms with van der Waals surface area (Å²) in [4.78, 5) is 35.5. The molecule has 0 saturated carbocycles. The van der Waals surface area contributed by atoms with Crippen molar-refractivity contribution < 1.29 is 18.7 Å². The molecule has 1 N–H and O–H groups in total. The summed E-state index contributed by atoms with van der Waals surface area (Å²) in [6.45, 7) is 3.13. The van der Waals surface area contributed by atoms with E-state index >= 15 is 0 Å². The highest BCUT2D eigenvalue weighted by Crippen LogP contribution is 2.31. The van der Waals surface area contributed by atoms with E-state index in [1.54, 1.807) is 0 Å². The minimum absolute atomic E-state index is 0.226. The first-order chi connectivity index (χ1) is 9.42. The number of hydrogen-bond acceptors (Lipinski definition) is 5. The van der Waals surface area contributed by atoms with E-state index in [-0.39, 0.29) is 12.5 Å². The number of H-pyrrole nitrogens is 1. The standard InChI is InChI=1S/C12H15FN2O5/c1-3-8-9(19-6(2)16)4-10(20-8)15-5-7(13)11(17)14-12(15)18/h5,8-10H,3-4H2,1-2H3,(H,14,17,18). The first-order valence-corrected chi connectivity index (χ1v) is 6.26. The molecule has 1 aromatic heterocycles. The molecule has 3 unspecified atom stereocenters. The van der Waals surface area contributed by atoms with Gasteiger partial charge in [-0.2, -0.15) is 4.39 Å². The molecule has 1 saturated heterocycles. The maximum atomic E-state index is 13.3. The molecule has 0 radical (unpaired) electrons. The zero-order valence-electron chi connectivity index (χ0n) is 11.1. The molecular formula is C12H15FN2O5. The number of rotatable bonds is 3. The summed E-state index contributed by atoms with van der Waals surface area (Å²) in [6, 6.07) is 0. The zero-order valence-corrected chi connectivity index (χ0v) is 11.1. The van der Waals surface area contributed by atoms with E-state index in [4.69, 9.17) is 9.47 Å². The van der Waals surface area contributed by atoms with Crippen molar-refractivity contribution in [3.05, 3.63) is 32.9 Å². The van der Waals surface area contributed by atoms with Crippen LogP contribution >= 0.6 is 0 Å². The second-order valence-corrected chi connectivity index (χ2v) is 4.56. The van der Waals surface area contributed by atoms with Gasteiger partial charge in [0.2, 0.25) is 5.82 Å². The Balaban J connectivity index is 2.27. The average Bonchev–Trinajstić information content (AvgIpc) is 2.75. The van der Waals surface area contributed by atoms with E-state index < -0.39 is 35.4 Å². The van der Waals surface area contributed by atoms with Crippen LogP contribution in [0.2, 0.25) is 0 Å². The maximum absolute atomic E-state index is 13.3. The Kier molecular flexibility index (Phi) is 4.03. The van der Waals surface area contributed by atoms with E-state index in [1.807, 2.05) is 11.9 Å². The first kappa shape index (κ1) is 14.4. The van der Waals surface area contributed by atoms with Crippen LogP contribution in [0.3, 0.4) is 0 Å². The fraction of sp³-hybridized carbons (Fsp3) is 0.583. The lowest BCUT2D eigenvalue weighted by molar-refractivity contribution is -0.149. The third-order valence-corrected chi connectivity index (χ3v) is 3.13. The molecule has 1 aliphatic heterocycles. The van der Waals surface area contributed by atoms with Crippen molar-refractivity contribution in [3.8, 4) is 0 Å². The van der Waals surface area contributed by atoms with Gasteiger partial charge in [0.1, 0.15) is 12.3 Å². The van der Waals surface area contributed by atoms with Gasteiger partial charge < -0.3 is 9.47 Å². The summed E-state index contributed by atoms with van der Waals surface area (Å²) in [5.41, 5.74) is -1.84. The van der Waals surface area contributed by atoms with Crippen molar-refractivity contribution in [1.29, 1.82) is 0 Å². The van der Waals surface area contributed by atoms with Gasteiger partial charge in [-0.1, -0.05) is 6.92 Å². The SMILES string of the molecule is CCC1OC(n2cc(F)c(=O)[nH]c2=O)CC1OC(C)=O. The van der Waals surface area contributed by atoms with Gasteiger partial charge in [-0.25, -0.2) is 4.79 Å². The van der Waals surface area contributed by atoms with Gasteiger partial charge in [0.15, 0.2) is 0 Å². The fourth-order valence-electron chi connectivity index (χ4n) is 2.25. The average molecular weight is 286 g/mol. The Bertz CT molecular complexity index is 623. The Morgan fingerprint density at radius 3 is 2.90 bits per heavy atom. The Labute approximate surface area is 113 Å². The Morgan fingerprint density at radius 1 is 1.60 bits per heavy atom. The van der Waals surface area contributed by atoms with Gasteiger partial charge in [0.25, 0.3) is 5.56 Å². The lowest BCUT2D eigenvalue weighted by Gasteiger charge is -2.16. The number of ether oxygens (including phenoxy) is 2. The van der Waals surface area contributed by atoms with Crippen LogP contribution in [0.25, 0.3) is 0 Å². The third-order valence-electron chi connectivity index (χ3n) is 3.13. The summed E-state index contributed by atoms with van der Waals surface area (Å²) < 4.78 is 24.9. The maximum Gasteiger partial charge on any atom is 0.330 e. The van der Waals surface area contributed by atoms with Gasteiger partial charge in [0.05, 0.1) is 12.3 Å². The molecule has 1 aliphatic rings. The number of aromatic amines is 1.